The molecule has 0 spiro atoms. The number of halogens is 2. The molecule has 0 aromatic carbocycles. The molecule has 0 saturated carbocycles. The molecule has 0 atom stereocenters. The SMILES string of the molecule is CCOC(=O)c1cc(=O)[nH]cc1C(F)F. The predicted molar refractivity (Wildman–Crippen MR) is 48.0 cm³/mol. The average molecular weight is 217 g/mol. The number of hydrogen-bond acceptors (Lipinski definition) is 3. The Bertz CT molecular complexity index is 414. The van der Waals surface area contributed by atoms with E-state index < -0.39 is 29.1 Å². The van der Waals surface area contributed by atoms with E-state index in [-0.39, 0.29) is 6.61 Å². The minimum Gasteiger partial charge on any atom is -0.462 e. The molecule has 0 aliphatic carbocycles. The van der Waals surface area contributed by atoms with Gasteiger partial charge in [0.1, 0.15) is 0 Å². The van der Waals surface area contributed by atoms with E-state index in [1.807, 2.05) is 0 Å². The van der Waals surface area contributed by atoms with Gasteiger partial charge in [-0.05, 0) is 6.92 Å². The first-order chi connectivity index (χ1) is 7.06. The Labute approximate surface area is 83.9 Å². The predicted octanol–water partition coefficient (Wildman–Crippen LogP) is 1.49. The minimum atomic E-state index is -2.83. The number of aromatic amines is 1. The Hall–Kier alpha value is -1.72. The quantitative estimate of drug-likeness (QED) is 0.780. The first-order valence-corrected chi connectivity index (χ1v) is 4.24. The fraction of sp³-hybridized carbons (Fsp3) is 0.333. The lowest BCUT2D eigenvalue weighted by Crippen LogP contribution is -2.15. The first kappa shape index (κ1) is 11.4. The van der Waals surface area contributed by atoms with Gasteiger partial charge in [0.15, 0.2) is 0 Å². The van der Waals surface area contributed by atoms with Crippen LogP contribution in [0.2, 0.25) is 0 Å². The summed E-state index contributed by atoms with van der Waals surface area (Å²) < 4.78 is 29.4. The van der Waals surface area contributed by atoms with Crippen molar-refractivity contribution >= 4 is 5.97 Å². The van der Waals surface area contributed by atoms with Crippen LogP contribution in [0.15, 0.2) is 17.1 Å². The number of rotatable bonds is 3. The number of hydrogen-bond donors (Lipinski definition) is 1. The lowest BCUT2D eigenvalue weighted by atomic mass is 10.1. The first-order valence-electron chi connectivity index (χ1n) is 4.24. The molecule has 0 radical (unpaired) electrons. The zero-order valence-corrected chi connectivity index (χ0v) is 7.92. The Balaban J connectivity index is 3.18. The highest BCUT2D eigenvalue weighted by molar-refractivity contribution is 5.90. The Morgan fingerprint density at radius 2 is 2.27 bits per heavy atom. The highest BCUT2D eigenvalue weighted by Crippen LogP contribution is 2.21. The number of alkyl halides is 2. The third-order valence-electron chi connectivity index (χ3n) is 1.69. The van der Waals surface area contributed by atoms with E-state index in [2.05, 4.69) is 9.72 Å². The van der Waals surface area contributed by atoms with Crippen LogP contribution in [0.1, 0.15) is 29.3 Å². The van der Waals surface area contributed by atoms with Crippen LogP contribution in [0.5, 0.6) is 0 Å². The zero-order chi connectivity index (χ0) is 11.4. The molecular formula is C9H9F2NO3. The second-order valence-corrected chi connectivity index (χ2v) is 2.69. The molecule has 15 heavy (non-hydrogen) atoms. The molecule has 1 aromatic rings. The van der Waals surface area contributed by atoms with E-state index in [9.17, 15) is 18.4 Å². The zero-order valence-electron chi connectivity index (χ0n) is 7.92. The maximum absolute atomic E-state index is 12.4. The molecule has 0 amide bonds. The van der Waals surface area contributed by atoms with Gasteiger partial charge in [-0.25, -0.2) is 13.6 Å². The van der Waals surface area contributed by atoms with Crippen molar-refractivity contribution in [3.8, 4) is 0 Å². The maximum Gasteiger partial charge on any atom is 0.338 e. The summed E-state index contributed by atoms with van der Waals surface area (Å²) in [5.74, 6) is -0.918. The van der Waals surface area contributed by atoms with Crippen molar-refractivity contribution < 1.29 is 18.3 Å². The van der Waals surface area contributed by atoms with Crippen molar-refractivity contribution in [2.75, 3.05) is 6.61 Å². The van der Waals surface area contributed by atoms with Crippen LogP contribution in [0.3, 0.4) is 0 Å². The topological polar surface area (TPSA) is 59.2 Å². The van der Waals surface area contributed by atoms with Crippen molar-refractivity contribution in [1.82, 2.24) is 4.98 Å². The van der Waals surface area contributed by atoms with Gasteiger partial charge in [0, 0.05) is 17.8 Å². The van der Waals surface area contributed by atoms with E-state index in [0.29, 0.717) is 0 Å². The maximum atomic E-state index is 12.4. The molecule has 82 valence electrons. The average Bonchev–Trinajstić information content (AvgIpc) is 2.17. The second kappa shape index (κ2) is 4.68. The third kappa shape index (κ3) is 2.61. The Morgan fingerprint density at radius 3 is 2.80 bits per heavy atom. The van der Waals surface area contributed by atoms with Crippen LogP contribution < -0.4 is 5.56 Å². The number of carbonyl (C=O) groups excluding carboxylic acids is 1. The van der Waals surface area contributed by atoms with Crippen molar-refractivity contribution in [1.29, 1.82) is 0 Å². The van der Waals surface area contributed by atoms with E-state index >= 15 is 0 Å². The number of esters is 1. The summed E-state index contributed by atoms with van der Waals surface area (Å²) in [4.78, 5) is 24.2. The van der Waals surface area contributed by atoms with Gasteiger partial charge in [-0.3, -0.25) is 4.79 Å². The molecule has 1 N–H and O–H groups in total. The van der Waals surface area contributed by atoms with Crippen molar-refractivity contribution in [2.45, 2.75) is 13.3 Å². The number of aromatic nitrogens is 1. The number of H-pyrrole nitrogens is 1. The summed E-state index contributed by atoms with van der Waals surface area (Å²) in [6.45, 7) is 1.61. The van der Waals surface area contributed by atoms with Gasteiger partial charge in [0.05, 0.1) is 12.2 Å². The third-order valence-corrected chi connectivity index (χ3v) is 1.69. The number of carbonyl (C=O) groups is 1. The van der Waals surface area contributed by atoms with Gasteiger partial charge in [0.2, 0.25) is 5.56 Å². The number of ether oxygens (including phenoxy) is 1. The van der Waals surface area contributed by atoms with Gasteiger partial charge in [0.25, 0.3) is 6.43 Å². The summed E-state index contributed by atoms with van der Waals surface area (Å²) in [7, 11) is 0. The molecule has 0 fully saturated rings. The molecule has 4 nitrogen and oxygen atoms in total. The summed E-state index contributed by atoms with van der Waals surface area (Å²) in [5, 5.41) is 0. The molecule has 0 unspecified atom stereocenters. The number of nitrogens with one attached hydrogen (secondary N) is 1. The van der Waals surface area contributed by atoms with Crippen molar-refractivity contribution in [2.24, 2.45) is 0 Å². The van der Waals surface area contributed by atoms with Crippen LogP contribution in [0.4, 0.5) is 8.78 Å². The Morgan fingerprint density at radius 1 is 1.60 bits per heavy atom. The highest BCUT2D eigenvalue weighted by Gasteiger charge is 2.19. The lowest BCUT2D eigenvalue weighted by Gasteiger charge is -2.06. The van der Waals surface area contributed by atoms with Crippen LogP contribution >= 0.6 is 0 Å². The fourth-order valence-corrected chi connectivity index (χ4v) is 1.05. The van der Waals surface area contributed by atoms with Gasteiger partial charge < -0.3 is 9.72 Å². The molecule has 0 bridgehead atoms. The van der Waals surface area contributed by atoms with Gasteiger partial charge >= 0.3 is 5.97 Å². The van der Waals surface area contributed by atoms with Crippen LogP contribution in [-0.4, -0.2) is 17.6 Å². The van der Waals surface area contributed by atoms with Crippen molar-refractivity contribution in [3.63, 3.8) is 0 Å². The molecule has 0 aliphatic heterocycles. The van der Waals surface area contributed by atoms with Crippen molar-refractivity contribution in [3.05, 3.63) is 33.7 Å². The van der Waals surface area contributed by atoms with Gasteiger partial charge in [-0.1, -0.05) is 0 Å². The molecule has 0 aliphatic rings. The van der Waals surface area contributed by atoms with E-state index in [1.54, 1.807) is 6.92 Å². The van der Waals surface area contributed by atoms with E-state index in [1.165, 1.54) is 0 Å². The normalized spacial score (nSPS) is 10.4. The second-order valence-electron chi connectivity index (χ2n) is 2.69. The monoisotopic (exact) mass is 217 g/mol. The molecule has 1 aromatic heterocycles. The summed E-state index contributed by atoms with van der Waals surface area (Å²) in [5.41, 5.74) is -1.55. The molecule has 0 saturated heterocycles. The summed E-state index contributed by atoms with van der Waals surface area (Å²) in [6, 6.07) is 0.805. The summed E-state index contributed by atoms with van der Waals surface area (Å²) in [6.07, 6.45) is -2.01. The van der Waals surface area contributed by atoms with E-state index in [4.69, 9.17) is 0 Å². The standard InChI is InChI=1S/C9H9F2NO3/c1-2-15-9(14)5-3-7(13)12-4-6(5)8(10)11/h3-4,8H,2H2,1H3,(H,12,13). The number of pyridine rings is 1. The van der Waals surface area contributed by atoms with Crippen LogP contribution in [-0.2, 0) is 4.74 Å². The smallest absolute Gasteiger partial charge is 0.338 e. The van der Waals surface area contributed by atoms with E-state index in [0.717, 1.165) is 12.3 Å². The minimum absolute atomic E-state index is 0.0638. The molecular weight excluding hydrogens is 208 g/mol. The highest BCUT2D eigenvalue weighted by atomic mass is 19.3. The van der Waals surface area contributed by atoms with Crippen LogP contribution in [0, 0.1) is 0 Å². The molecule has 1 heterocycles. The summed E-state index contributed by atoms with van der Waals surface area (Å²) >= 11 is 0. The van der Waals surface area contributed by atoms with Gasteiger partial charge in [-0.15, -0.1) is 0 Å². The largest absolute Gasteiger partial charge is 0.462 e. The fourth-order valence-electron chi connectivity index (χ4n) is 1.05. The van der Waals surface area contributed by atoms with Crippen LogP contribution in [0.25, 0.3) is 0 Å². The molecule has 1 rings (SSSR count). The molecule has 6 heteroatoms. The Kier molecular flexibility index (Phi) is 3.54. The lowest BCUT2D eigenvalue weighted by molar-refractivity contribution is 0.0515. The van der Waals surface area contributed by atoms with Gasteiger partial charge in [-0.2, -0.15) is 0 Å².